The van der Waals surface area contributed by atoms with Gasteiger partial charge in [-0.3, -0.25) is 9.59 Å². The average Bonchev–Trinajstić information content (AvgIpc) is 3.01. The second kappa shape index (κ2) is 7.09. The first-order valence-electron chi connectivity index (χ1n) is 8.64. The number of amides is 2. The van der Waals surface area contributed by atoms with E-state index in [0.717, 1.165) is 11.1 Å². The summed E-state index contributed by atoms with van der Waals surface area (Å²) in [5.74, 6) is -0.783. The van der Waals surface area contributed by atoms with Crippen LogP contribution in [0, 0.1) is 12.7 Å². The van der Waals surface area contributed by atoms with Crippen molar-refractivity contribution >= 4 is 34.9 Å². The van der Waals surface area contributed by atoms with E-state index in [1.807, 2.05) is 37.3 Å². The summed E-state index contributed by atoms with van der Waals surface area (Å²) in [6, 6.07) is 12.6. The summed E-state index contributed by atoms with van der Waals surface area (Å²) in [5, 5.41) is 9.96. The van der Waals surface area contributed by atoms with Crippen LogP contribution in [0.5, 0.6) is 0 Å². The molecule has 0 radical (unpaired) electrons. The molecule has 0 aliphatic carbocycles. The fourth-order valence-electron chi connectivity index (χ4n) is 3.21. The van der Waals surface area contributed by atoms with Crippen LogP contribution in [0.25, 0.3) is 11.3 Å². The lowest BCUT2D eigenvalue weighted by atomic mass is 10.1. The third-order valence-corrected chi connectivity index (χ3v) is 4.91. The number of carbonyl (C=O) groups excluding carboxylic acids is 2. The zero-order valence-corrected chi connectivity index (χ0v) is 15.6. The molecule has 0 unspecified atom stereocenters. The van der Waals surface area contributed by atoms with Gasteiger partial charge in [0.15, 0.2) is 0 Å². The van der Waals surface area contributed by atoms with Crippen molar-refractivity contribution in [3.05, 3.63) is 64.9 Å². The highest BCUT2D eigenvalue weighted by molar-refractivity contribution is 6.31. The van der Waals surface area contributed by atoms with Crippen LogP contribution in [-0.4, -0.2) is 21.6 Å². The van der Waals surface area contributed by atoms with Gasteiger partial charge in [-0.15, -0.1) is 0 Å². The quantitative estimate of drug-likeness (QED) is 0.695. The van der Waals surface area contributed by atoms with Crippen LogP contribution in [-0.2, 0) is 9.59 Å². The van der Waals surface area contributed by atoms with Crippen molar-refractivity contribution in [3.63, 3.8) is 0 Å². The Morgan fingerprint density at radius 3 is 2.75 bits per heavy atom. The van der Waals surface area contributed by atoms with Crippen molar-refractivity contribution in [2.45, 2.75) is 19.4 Å². The van der Waals surface area contributed by atoms with Gasteiger partial charge in [0, 0.05) is 16.8 Å². The Morgan fingerprint density at radius 1 is 1.29 bits per heavy atom. The molecule has 142 valence electrons. The highest BCUT2D eigenvalue weighted by Crippen LogP contribution is 2.34. The Labute approximate surface area is 165 Å². The molecule has 1 aromatic heterocycles. The molecule has 1 aliphatic heterocycles. The maximum absolute atomic E-state index is 13.3. The van der Waals surface area contributed by atoms with Gasteiger partial charge in [0.2, 0.25) is 11.8 Å². The average molecular weight is 399 g/mol. The lowest BCUT2D eigenvalue weighted by Gasteiger charge is -2.24. The summed E-state index contributed by atoms with van der Waals surface area (Å²) in [7, 11) is 0. The molecule has 0 fully saturated rings. The second-order valence-electron chi connectivity index (χ2n) is 6.52. The highest BCUT2D eigenvalue weighted by atomic mass is 35.5. The predicted molar refractivity (Wildman–Crippen MR) is 105 cm³/mol. The Balaban J connectivity index is 1.69. The minimum Gasteiger partial charge on any atom is -0.324 e. The van der Waals surface area contributed by atoms with Crippen molar-refractivity contribution in [1.82, 2.24) is 9.78 Å². The van der Waals surface area contributed by atoms with E-state index in [2.05, 4.69) is 15.7 Å². The first-order chi connectivity index (χ1) is 13.4. The Kier molecular flexibility index (Phi) is 4.60. The molecule has 2 heterocycles. The van der Waals surface area contributed by atoms with Crippen molar-refractivity contribution in [1.29, 1.82) is 0 Å². The Bertz CT molecular complexity index is 1080. The van der Waals surface area contributed by atoms with Crippen molar-refractivity contribution in [3.8, 4) is 11.3 Å². The lowest BCUT2D eigenvalue weighted by molar-refractivity contribution is -0.125. The number of nitrogens with zero attached hydrogens (tertiary/aromatic N) is 2. The smallest absolute Gasteiger partial charge is 0.249 e. The number of anilines is 2. The van der Waals surface area contributed by atoms with Crippen LogP contribution in [0.15, 0.2) is 48.5 Å². The minimum absolute atomic E-state index is 0.0525. The normalized spacial score (nSPS) is 15.7. The number of rotatable bonds is 3. The molecule has 3 aromatic rings. The van der Waals surface area contributed by atoms with Crippen LogP contribution in [0.2, 0.25) is 5.02 Å². The maximum atomic E-state index is 13.3. The zero-order chi connectivity index (χ0) is 19.8. The predicted octanol–water partition coefficient (Wildman–Crippen LogP) is 4.17. The summed E-state index contributed by atoms with van der Waals surface area (Å²) >= 11 is 5.77. The third kappa shape index (κ3) is 3.25. The van der Waals surface area contributed by atoms with Crippen molar-refractivity contribution in [2.24, 2.45) is 0 Å². The summed E-state index contributed by atoms with van der Waals surface area (Å²) in [6.45, 7) is 1.85. The van der Waals surface area contributed by atoms with E-state index in [9.17, 15) is 14.0 Å². The van der Waals surface area contributed by atoms with Gasteiger partial charge >= 0.3 is 0 Å². The lowest BCUT2D eigenvalue weighted by Crippen LogP contribution is -2.35. The van der Waals surface area contributed by atoms with Crippen LogP contribution in [0.4, 0.5) is 15.9 Å². The van der Waals surface area contributed by atoms with Crippen LogP contribution < -0.4 is 10.6 Å². The van der Waals surface area contributed by atoms with Crippen LogP contribution in [0.1, 0.15) is 18.0 Å². The van der Waals surface area contributed by atoms with Crippen LogP contribution >= 0.6 is 11.6 Å². The van der Waals surface area contributed by atoms with E-state index in [4.69, 9.17) is 11.6 Å². The van der Waals surface area contributed by atoms with Crippen LogP contribution in [0.3, 0.4) is 0 Å². The minimum atomic E-state index is -0.830. The van der Waals surface area contributed by atoms with Gasteiger partial charge in [-0.05, 0) is 25.1 Å². The largest absolute Gasteiger partial charge is 0.324 e. The Hall–Kier alpha value is -3.19. The number of fused-ring (bicyclic) bond motifs is 1. The van der Waals surface area contributed by atoms with E-state index < -0.39 is 17.8 Å². The monoisotopic (exact) mass is 398 g/mol. The molecule has 1 aliphatic rings. The topological polar surface area (TPSA) is 76.0 Å². The molecule has 28 heavy (non-hydrogen) atoms. The molecule has 2 N–H and O–H groups in total. The van der Waals surface area contributed by atoms with E-state index in [1.54, 1.807) is 0 Å². The number of hydrogen-bond donors (Lipinski definition) is 2. The first kappa shape index (κ1) is 18.2. The maximum Gasteiger partial charge on any atom is 0.249 e. The van der Waals surface area contributed by atoms with Gasteiger partial charge in [0.1, 0.15) is 17.7 Å². The number of nitrogens with one attached hydrogen (secondary N) is 2. The number of hydrogen-bond acceptors (Lipinski definition) is 3. The van der Waals surface area contributed by atoms with Crippen molar-refractivity contribution < 1.29 is 14.0 Å². The molecule has 4 rings (SSSR count). The second-order valence-corrected chi connectivity index (χ2v) is 6.93. The number of benzene rings is 2. The highest BCUT2D eigenvalue weighted by Gasteiger charge is 2.34. The van der Waals surface area contributed by atoms with Gasteiger partial charge in [0.05, 0.1) is 17.1 Å². The van der Waals surface area contributed by atoms with Gasteiger partial charge < -0.3 is 10.6 Å². The molecule has 0 saturated carbocycles. The zero-order valence-electron chi connectivity index (χ0n) is 14.9. The Morgan fingerprint density at radius 2 is 2.04 bits per heavy atom. The summed E-state index contributed by atoms with van der Waals surface area (Å²) in [4.78, 5) is 25.0. The molecule has 1 atom stereocenters. The molecular weight excluding hydrogens is 383 g/mol. The molecule has 8 heteroatoms. The fraction of sp³-hybridized carbons (Fsp3) is 0.150. The molecule has 0 spiro atoms. The molecule has 2 amide bonds. The molecule has 2 aromatic carbocycles. The van der Waals surface area contributed by atoms with Gasteiger partial charge in [0.25, 0.3) is 0 Å². The first-order valence-corrected chi connectivity index (χ1v) is 9.02. The van der Waals surface area contributed by atoms with Gasteiger partial charge in [-0.2, -0.15) is 5.10 Å². The van der Waals surface area contributed by atoms with Crippen molar-refractivity contribution in [2.75, 3.05) is 10.6 Å². The summed E-state index contributed by atoms with van der Waals surface area (Å²) in [6.07, 6.45) is -0.0525. The molecule has 0 bridgehead atoms. The van der Waals surface area contributed by atoms with Gasteiger partial charge in [-0.1, -0.05) is 41.9 Å². The van der Waals surface area contributed by atoms with E-state index in [-0.39, 0.29) is 17.4 Å². The third-order valence-electron chi connectivity index (χ3n) is 4.62. The number of carbonyl (C=O) groups is 2. The number of aromatic nitrogens is 2. The van der Waals surface area contributed by atoms with E-state index in [0.29, 0.717) is 17.2 Å². The molecular formula is C20H16ClFN4O2. The van der Waals surface area contributed by atoms with Gasteiger partial charge in [-0.25, -0.2) is 9.07 Å². The fourth-order valence-corrected chi connectivity index (χ4v) is 3.39. The standard InChI is InChI=1S/C20H16ClFN4O2/c1-11-18(12-5-3-2-4-6-12)25-26-16(10-17(27)24-19(11)26)20(28)23-13-7-8-15(22)14(21)9-13/h2-9,16H,10H2,1H3,(H,23,28)(H,24,27)/t16-/m0/s1. The molecule has 0 saturated heterocycles. The summed E-state index contributed by atoms with van der Waals surface area (Å²) < 4.78 is 14.9. The number of halogens is 2. The SMILES string of the molecule is Cc1c(-c2ccccc2)nn2c1NC(=O)C[C@H]2C(=O)Nc1ccc(F)c(Cl)c1. The van der Waals surface area contributed by atoms with E-state index >= 15 is 0 Å². The van der Waals surface area contributed by atoms with E-state index in [1.165, 1.54) is 22.9 Å². The summed E-state index contributed by atoms with van der Waals surface area (Å²) in [5.41, 5.74) is 2.71. The molecule has 6 nitrogen and oxygen atoms in total.